The fourth-order valence-corrected chi connectivity index (χ4v) is 2.91. The molecule has 7 nitrogen and oxygen atoms in total. The zero-order chi connectivity index (χ0) is 13.3. The lowest BCUT2D eigenvalue weighted by Crippen LogP contribution is -2.70. The van der Waals surface area contributed by atoms with E-state index in [2.05, 4.69) is 25.7 Å². The van der Waals surface area contributed by atoms with E-state index in [0.717, 1.165) is 38.2 Å². The first-order valence-electron chi connectivity index (χ1n) is 6.63. The minimum atomic E-state index is -0.808. The fourth-order valence-electron chi connectivity index (χ4n) is 2.91. The van der Waals surface area contributed by atoms with E-state index < -0.39 is 12.0 Å². The van der Waals surface area contributed by atoms with Gasteiger partial charge < -0.3 is 10.1 Å². The number of hydrogen-bond donors (Lipinski definition) is 4. The molecule has 19 heavy (non-hydrogen) atoms. The number of rotatable bonds is 5. The Kier molecular flexibility index (Phi) is 3.26. The number of piperidine rings is 1. The largest absolute Gasteiger partial charge is 0.480 e. The van der Waals surface area contributed by atoms with Gasteiger partial charge in [-0.3, -0.25) is 15.5 Å². The second kappa shape index (κ2) is 4.92. The van der Waals surface area contributed by atoms with Crippen molar-refractivity contribution < 1.29 is 9.90 Å². The van der Waals surface area contributed by atoms with Crippen LogP contribution < -0.4 is 10.7 Å². The maximum Gasteiger partial charge on any atom is 0.321 e. The van der Waals surface area contributed by atoms with Crippen LogP contribution in [0.5, 0.6) is 0 Å². The molecule has 3 aliphatic heterocycles. The van der Waals surface area contributed by atoms with Gasteiger partial charge in [-0.2, -0.15) is 0 Å². The van der Waals surface area contributed by atoms with E-state index in [1.54, 1.807) is 12.5 Å². The molecule has 0 amide bonds. The number of hydrogen-bond acceptors (Lipinski definition) is 5. The Morgan fingerprint density at radius 1 is 1.58 bits per heavy atom. The number of carbonyl (C=O) groups is 1. The average Bonchev–Trinajstić information content (AvgIpc) is 2.93. The molecule has 1 atom stereocenters. The van der Waals surface area contributed by atoms with Crippen molar-refractivity contribution in [2.45, 2.75) is 30.8 Å². The molecule has 1 aromatic rings. The van der Waals surface area contributed by atoms with Crippen molar-refractivity contribution in [3.63, 3.8) is 0 Å². The molecule has 2 bridgehead atoms. The summed E-state index contributed by atoms with van der Waals surface area (Å²) in [5, 5.41) is 15.0. The summed E-state index contributed by atoms with van der Waals surface area (Å²) < 4.78 is 0. The normalized spacial score (nSPS) is 31.3. The minimum absolute atomic E-state index is 0.0855. The molecule has 3 saturated heterocycles. The number of imidazole rings is 1. The van der Waals surface area contributed by atoms with Gasteiger partial charge in [0.05, 0.1) is 6.33 Å². The zero-order valence-corrected chi connectivity index (χ0v) is 10.7. The quantitative estimate of drug-likeness (QED) is 0.565. The number of carboxylic acid groups (broad SMARTS) is 1. The van der Waals surface area contributed by atoms with Crippen molar-refractivity contribution >= 4 is 5.97 Å². The maximum absolute atomic E-state index is 11.4. The van der Waals surface area contributed by atoms with E-state index in [9.17, 15) is 9.90 Å². The van der Waals surface area contributed by atoms with Crippen molar-refractivity contribution in [3.8, 4) is 0 Å². The highest BCUT2D eigenvalue weighted by Gasteiger charge is 2.41. The summed E-state index contributed by atoms with van der Waals surface area (Å²) in [6, 6.07) is -0.577. The van der Waals surface area contributed by atoms with Gasteiger partial charge in [0.15, 0.2) is 0 Å². The Bertz CT molecular complexity index is 425. The van der Waals surface area contributed by atoms with Crippen LogP contribution in [-0.2, 0) is 11.2 Å². The zero-order valence-electron chi connectivity index (χ0n) is 10.7. The Hall–Kier alpha value is -1.44. The van der Waals surface area contributed by atoms with Crippen LogP contribution in [0.1, 0.15) is 18.5 Å². The third-order valence-electron chi connectivity index (χ3n) is 4.12. The number of fused-ring (bicyclic) bond motifs is 3. The van der Waals surface area contributed by atoms with E-state index in [1.807, 2.05) is 0 Å². The van der Waals surface area contributed by atoms with Gasteiger partial charge in [-0.1, -0.05) is 0 Å². The first-order valence-corrected chi connectivity index (χ1v) is 6.63. The molecule has 104 valence electrons. The van der Waals surface area contributed by atoms with Gasteiger partial charge in [-0.05, 0) is 12.8 Å². The number of carboxylic acids is 1. The average molecular weight is 265 g/mol. The van der Waals surface area contributed by atoms with Gasteiger partial charge in [0.25, 0.3) is 0 Å². The molecule has 4 rings (SSSR count). The summed E-state index contributed by atoms with van der Waals surface area (Å²) in [5.41, 5.74) is 4.08. The van der Waals surface area contributed by atoms with Gasteiger partial charge in [0, 0.05) is 43.5 Å². The van der Waals surface area contributed by atoms with Crippen molar-refractivity contribution in [2.24, 2.45) is 0 Å². The molecular weight excluding hydrogens is 246 g/mol. The summed E-state index contributed by atoms with van der Waals surface area (Å²) in [4.78, 5) is 18.3. The second-order valence-electron chi connectivity index (χ2n) is 5.42. The summed E-state index contributed by atoms with van der Waals surface area (Å²) in [6.45, 7) is 2.76. The van der Waals surface area contributed by atoms with Gasteiger partial charge in [-0.15, -0.1) is 0 Å². The number of hydrazine groups is 1. The van der Waals surface area contributed by atoms with Crippen LogP contribution in [-0.4, -0.2) is 57.3 Å². The highest BCUT2D eigenvalue weighted by molar-refractivity contribution is 5.74. The smallest absolute Gasteiger partial charge is 0.321 e. The molecule has 0 aliphatic carbocycles. The van der Waals surface area contributed by atoms with Gasteiger partial charge >= 0.3 is 5.97 Å². The molecule has 3 aliphatic rings. The van der Waals surface area contributed by atoms with E-state index in [4.69, 9.17) is 0 Å². The van der Waals surface area contributed by atoms with Crippen molar-refractivity contribution in [1.29, 1.82) is 0 Å². The predicted octanol–water partition coefficient (Wildman–Crippen LogP) is -0.652. The van der Waals surface area contributed by atoms with Crippen molar-refractivity contribution in [2.75, 3.05) is 19.6 Å². The Labute approximate surface area is 111 Å². The van der Waals surface area contributed by atoms with Crippen LogP contribution in [0.4, 0.5) is 0 Å². The lowest BCUT2D eigenvalue weighted by molar-refractivity contribution is -0.140. The number of nitrogens with zero attached hydrogens (tertiary/aromatic N) is 2. The number of H-pyrrole nitrogens is 1. The standard InChI is InChI=1S/C12H19N5O2/c18-11(19)10(5-9-6-13-8-14-9)16-12-1-3-17(4-2-12)15-7-12/h6,8,10,15-16H,1-5,7H2,(H,13,14)(H,18,19)/t10-/m0/s1. The highest BCUT2D eigenvalue weighted by Crippen LogP contribution is 2.26. The summed E-state index contributed by atoms with van der Waals surface area (Å²) >= 11 is 0. The fraction of sp³-hybridized carbons (Fsp3) is 0.667. The topological polar surface area (TPSA) is 93.3 Å². The summed E-state index contributed by atoms with van der Waals surface area (Å²) in [5.74, 6) is -0.808. The SMILES string of the molecule is O=C(O)[C@H](Cc1cnc[nH]1)NC12CCN(CC1)NC2. The lowest BCUT2D eigenvalue weighted by atomic mass is 9.84. The molecule has 0 radical (unpaired) electrons. The lowest BCUT2D eigenvalue weighted by Gasteiger charge is -2.50. The van der Waals surface area contributed by atoms with Gasteiger partial charge in [0.1, 0.15) is 6.04 Å². The van der Waals surface area contributed by atoms with E-state index >= 15 is 0 Å². The molecule has 4 N–H and O–H groups in total. The molecule has 0 aromatic carbocycles. The molecule has 7 heteroatoms. The maximum atomic E-state index is 11.4. The minimum Gasteiger partial charge on any atom is -0.480 e. The molecule has 0 saturated carbocycles. The second-order valence-corrected chi connectivity index (χ2v) is 5.42. The van der Waals surface area contributed by atoms with Crippen LogP contribution in [0.25, 0.3) is 0 Å². The van der Waals surface area contributed by atoms with E-state index in [-0.39, 0.29) is 5.54 Å². The highest BCUT2D eigenvalue weighted by atomic mass is 16.4. The predicted molar refractivity (Wildman–Crippen MR) is 68.4 cm³/mol. The first kappa shape index (κ1) is 12.6. The third-order valence-corrected chi connectivity index (χ3v) is 4.12. The van der Waals surface area contributed by atoms with Crippen LogP contribution in [0.15, 0.2) is 12.5 Å². The van der Waals surface area contributed by atoms with Crippen molar-refractivity contribution in [1.82, 2.24) is 25.7 Å². The van der Waals surface area contributed by atoms with Crippen molar-refractivity contribution in [3.05, 3.63) is 18.2 Å². The number of aromatic amines is 1. The van der Waals surface area contributed by atoms with Crippen LogP contribution in [0.3, 0.4) is 0 Å². The van der Waals surface area contributed by atoms with Gasteiger partial charge in [-0.25, -0.2) is 9.99 Å². The number of aliphatic carboxylic acids is 1. The molecule has 1 aromatic heterocycles. The monoisotopic (exact) mass is 265 g/mol. The molecular formula is C12H19N5O2. The van der Waals surface area contributed by atoms with Crippen LogP contribution >= 0.6 is 0 Å². The molecule has 0 unspecified atom stereocenters. The van der Waals surface area contributed by atoms with Gasteiger partial charge in [0.2, 0.25) is 0 Å². The molecule has 0 spiro atoms. The van der Waals surface area contributed by atoms with Crippen LogP contribution in [0, 0.1) is 0 Å². The molecule has 3 fully saturated rings. The van der Waals surface area contributed by atoms with E-state index in [0.29, 0.717) is 6.42 Å². The third kappa shape index (κ3) is 2.63. The van der Waals surface area contributed by atoms with E-state index in [1.165, 1.54) is 0 Å². The number of nitrogens with one attached hydrogen (secondary N) is 3. The Morgan fingerprint density at radius 2 is 2.37 bits per heavy atom. The summed E-state index contributed by atoms with van der Waals surface area (Å²) in [6.07, 6.45) is 5.67. The summed E-state index contributed by atoms with van der Waals surface area (Å²) in [7, 11) is 0. The first-order chi connectivity index (χ1) is 9.17. The Morgan fingerprint density at radius 3 is 2.89 bits per heavy atom. The number of aromatic nitrogens is 2. The van der Waals surface area contributed by atoms with Crippen LogP contribution in [0.2, 0.25) is 0 Å². The Balaban J connectivity index is 1.69. The molecule has 4 heterocycles.